The Morgan fingerprint density at radius 3 is 2.51 bits per heavy atom. The average Bonchev–Trinajstić information content (AvgIpc) is 3.31. The minimum absolute atomic E-state index is 0.0173. The van der Waals surface area contributed by atoms with Crippen molar-refractivity contribution in [2.75, 3.05) is 25.3 Å². The summed E-state index contributed by atoms with van der Waals surface area (Å²) in [5.41, 5.74) is -0.327. The van der Waals surface area contributed by atoms with E-state index in [1.54, 1.807) is 28.8 Å². The van der Waals surface area contributed by atoms with Crippen molar-refractivity contribution in [1.82, 2.24) is 20.1 Å². The summed E-state index contributed by atoms with van der Waals surface area (Å²) in [5.74, 6) is 0.500. The number of aromatic nitrogens is 3. The molecule has 0 spiro atoms. The number of anilines is 1. The van der Waals surface area contributed by atoms with E-state index in [4.69, 9.17) is 21.1 Å². The maximum Gasteiger partial charge on any atom is 0.416 e. The van der Waals surface area contributed by atoms with Gasteiger partial charge in [0, 0.05) is 12.6 Å². The number of benzene rings is 2. The van der Waals surface area contributed by atoms with Crippen LogP contribution in [0.4, 0.5) is 18.9 Å². The van der Waals surface area contributed by atoms with E-state index in [-0.39, 0.29) is 28.9 Å². The number of hydrogen-bond donors (Lipinski definition) is 2. The van der Waals surface area contributed by atoms with Crippen LogP contribution in [0.2, 0.25) is 5.02 Å². The summed E-state index contributed by atoms with van der Waals surface area (Å²) in [6.07, 6.45) is -1.58. The third-order valence-corrected chi connectivity index (χ3v) is 6.56. The number of nitrogens with zero attached hydrogens (tertiary/aromatic N) is 3. The molecule has 3 rings (SSSR count). The molecular formula is C25H25ClF3N5O4S. The average molecular weight is 584 g/mol. The van der Waals surface area contributed by atoms with E-state index < -0.39 is 17.6 Å². The molecule has 0 aliphatic rings. The number of carbonyl (C=O) groups excluding carboxylic acids is 2. The Kier molecular flexibility index (Phi) is 10.2. The first kappa shape index (κ1) is 29.8. The van der Waals surface area contributed by atoms with Crippen LogP contribution >= 0.6 is 23.4 Å². The van der Waals surface area contributed by atoms with Crippen LogP contribution in [0.15, 0.2) is 47.6 Å². The first-order valence-corrected chi connectivity index (χ1v) is 12.8. The van der Waals surface area contributed by atoms with Crippen LogP contribution in [-0.4, -0.2) is 46.6 Å². The number of thioether (sulfide) groups is 1. The van der Waals surface area contributed by atoms with Gasteiger partial charge in [0.1, 0.15) is 0 Å². The van der Waals surface area contributed by atoms with Crippen LogP contribution in [0.25, 0.3) is 6.08 Å². The van der Waals surface area contributed by atoms with Crippen molar-refractivity contribution in [3.05, 3.63) is 64.4 Å². The highest BCUT2D eigenvalue weighted by Gasteiger charge is 2.31. The topological polar surface area (TPSA) is 107 Å². The highest BCUT2D eigenvalue weighted by atomic mass is 35.5. The molecule has 9 nitrogen and oxygen atoms in total. The zero-order valence-corrected chi connectivity index (χ0v) is 22.7. The maximum atomic E-state index is 13.0. The molecule has 0 unspecified atom stereocenters. The lowest BCUT2D eigenvalue weighted by atomic mass is 10.2. The molecule has 2 N–H and O–H groups in total. The van der Waals surface area contributed by atoms with Gasteiger partial charge in [-0.15, -0.1) is 10.2 Å². The van der Waals surface area contributed by atoms with Gasteiger partial charge in [0.2, 0.25) is 11.8 Å². The molecule has 208 valence electrons. The Balaban J connectivity index is 1.56. The van der Waals surface area contributed by atoms with Crippen molar-refractivity contribution in [3.63, 3.8) is 0 Å². The van der Waals surface area contributed by atoms with Gasteiger partial charge in [0.05, 0.1) is 42.8 Å². The van der Waals surface area contributed by atoms with Crippen molar-refractivity contribution in [1.29, 1.82) is 0 Å². The maximum absolute atomic E-state index is 13.0. The third kappa shape index (κ3) is 8.14. The molecule has 0 radical (unpaired) electrons. The molecule has 2 aromatic carbocycles. The minimum Gasteiger partial charge on any atom is -0.493 e. The van der Waals surface area contributed by atoms with Gasteiger partial charge in [0.25, 0.3) is 0 Å². The fraction of sp³-hybridized carbons (Fsp3) is 0.280. The quantitative estimate of drug-likeness (QED) is 0.240. The van der Waals surface area contributed by atoms with Crippen molar-refractivity contribution in [3.8, 4) is 11.5 Å². The fourth-order valence-electron chi connectivity index (χ4n) is 3.34. The van der Waals surface area contributed by atoms with Gasteiger partial charge < -0.3 is 24.7 Å². The number of hydrogen-bond acceptors (Lipinski definition) is 7. The summed E-state index contributed by atoms with van der Waals surface area (Å²) < 4.78 is 51.1. The van der Waals surface area contributed by atoms with Gasteiger partial charge in [-0.3, -0.25) is 9.59 Å². The minimum atomic E-state index is -4.57. The molecule has 0 fully saturated rings. The summed E-state index contributed by atoms with van der Waals surface area (Å²) in [4.78, 5) is 24.7. The first-order valence-electron chi connectivity index (χ1n) is 11.4. The Labute approximate surface area is 231 Å². The van der Waals surface area contributed by atoms with Crippen molar-refractivity contribution < 1.29 is 32.2 Å². The molecule has 0 bridgehead atoms. The number of carbonyl (C=O) groups is 2. The molecule has 0 saturated heterocycles. The second kappa shape index (κ2) is 13.4. The van der Waals surface area contributed by atoms with Crippen LogP contribution in [0.5, 0.6) is 11.5 Å². The van der Waals surface area contributed by atoms with E-state index in [0.717, 1.165) is 35.5 Å². The molecule has 3 aromatic rings. The molecule has 2 amide bonds. The van der Waals surface area contributed by atoms with Crippen LogP contribution < -0.4 is 20.1 Å². The first-order chi connectivity index (χ1) is 18.5. The van der Waals surface area contributed by atoms with Crippen LogP contribution in [0.1, 0.15) is 23.9 Å². The number of alkyl halides is 3. The van der Waals surface area contributed by atoms with Crippen LogP contribution in [0.3, 0.4) is 0 Å². The number of amides is 2. The zero-order chi connectivity index (χ0) is 28.6. The zero-order valence-electron chi connectivity index (χ0n) is 21.1. The fourth-order valence-corrected chi connectivity index (χ4v) is 4.33. The second-order valence-electron chi connectivity index (χ2n) is 7.84. The summed E-state index contributed by atoms with van der Waals surface area (Å²) in [6, 6.07) is 7.93. The molecule has 0 saturated carbocycles. The smallest absolute Gasteiger partial charge is 0.416 e. The van der Waals surface area contributed by atoms with Crippen molar-refractivity contribution in [2.24, 2.45) is 0 Å². The lowest BCUT2D eigenvalue weighted by molar-refractivity contribution is -0.137. The number of ether oxygens (including phenoxy) is 2. The largest absolute Gasteiger partial charge is 0.493 e. The predicted octanol–water partition coefficient (Wildman–Crippen LogP) is 5.05. The highest BCUT2D eigenvalue weighted by Crippen LogP contribution is 2.34. The SMILES string of the molecule is CCn1c(CNC(=O)/C=C/c2ccc(OC)c(OC)c2)nnc1SCC(=O)Nc1cc(C(F)(F)F)ccc1Cl. The van der Waals surface area contributed by atoms with Crippen molar-refractivity contribution >= 4 is 46.9 Å². The number of nitrogens with one attached hydrogen (secondary N) is 2. The van der Waals surface area contributed by atoms with E-state index in [0.29, 0.717) is 29.0 Å². The summed E-state index contributed by atoms with van der Waals surface area (Å²) in [5, 5.41) is 13.7. The van der Waals surface area contributed by atoms with E-state index in [2.05, 4.69) is 20.8 Å². The van der Waals surface area contributed by atoms with Gasteiger partial charge in [-0.1, -0.05) is 29.4 Å². The molecule has 0 aliphatic carbocycles. The lowest BCUT2D eigenvalue weighted by Gasteiger charge is -2.12. The normalized spacial score (nSPS) is 11.5. The number of rotatable bonds is 11. The van der Waals surface area contributed by atoms with Crippen molar-refractivity contribution in [2.45, 2.75) is 31.3 Å². The Hall–Kier alpha value is -3.71. The van der Waals surface area contributed by atoms with Gasteiger partial charge >= 0.3 is 6.18 Å². The van der Waals surface area contributed by atoms with Gasteiger partial charge in [-0.05, 0) is 48.9 Å². The van der Waals surface area contributed by atoms with Gasteiger partial charge in [-0.25, -0.2) is 0 Å². The van der Waals surface area contributed by atoms with Crippen LogP contribution in [-0.2, 0) is 28.9 Å². The molecule has 39 heavy (non-hydrogen) atoms. The van der Waals surface area contributed by atoms with Gasteiger partial charge in [-0.2, -0.15) is 13.2 Å². The third-order valence-electron chi connectivity index (χ3n) is 5.27. The molecule has 0 aliphatic heterocycles. The monoisotopic (exact) mass is 583 g/mol. The number of halogens is 4. The summed E-state index contributed by atoms with van der Waals surface area (Å²) in [6.45, 7) is 2.39. The molecule has 1 aromatic heterocycles. The van der Waals surface area contributed by atoms with Gasteiger partial charge in [0.15, 0.2) is 22.5 Å². The number of methoxy groups -OCH3 is 2. The highest BCUT2D eigenvalue weighted by molar-refractivity contribution is 7.99. The Morgan fingerprint density at radius 1 is 1.10 bits per heavy atom. The lowest BCUT2D eigenvalue weighted by Crippen LogP contribution is -2.22. The second-order valence-corrected chi connectivity index (χ2v) is 9.19. The molecular weight excluding hydrogens is 559 g/mol. The van der Waals surface area contributed by atoms with E-state index in [1.165, 1.54) is 20.3 Å². The van der Waals surface area contributed by atoms with E-state index in [1.807, 2.05) is 6.92 Å². The van der Waals surface area contributed by atoms with E-state index >= 15 is 0 Å². The van der Waals surface area contributed by atoms with E-state index in [9.17, 15) is 22.8 Å². The molecule has 0 atom stereocenters. The Bertz CT molecular complexity index is 1360. The molecule has 14 heteroatoms. The summed E-state index contributed by atoms with van der Waals surface area (Å²) >= 11 is 6.98. The predicted molar refractivity (Wildman–Crippen MR) is 142 cm³/mol. The molecule has 1 heterocycles. The standard InChI is InChI=1S/C25H25ClF3N5O4S/c1-4-34-21(13-30-22(35)10-6-15-5-9-19(37-2)20(11-15)38-3)32-33-24(34)39-14-23(36)31-18-12-16(25(27,28)29)7-8-17(18)26/h5-12H,4,13-14H2,1-3H3,(H,30,35)(H,31,36)/b10-6+. The summed E-state index contributed by atoms with van der Waals surface area (Å²) in [7, 11) is 3.05. The van der Waals surface area contributed by atoms with Crippen LogP contribution in [0, 0.1) is 0 Å². The Morgan fingerprint density at radius 2 is 1.85 bits per heavy atom.